The Morgan fingerprint density at radius 3 is 2.45 bits per heavy atom. The van der Waals surface area contributed by atoms with Crippen molar-refractivity contribution in [2.45, 2.75) is 20.8 Å². The molecule has 0 atom stereocenters. The third-order valence-corrected chi connectivity index (χ3v) is 3.87. The van der Waals surface area contributed by atoms with Crippen molar-refractivity contribution in [1.29, 1.82) is 0 Å². The van der Waals surface area contributed by atoms with Gasteiger partial charge in [-0.2, -0.15) is 0 Å². The molecule has 104 valence electrons. The Balaban J connectivity index is 2.33. The zero-order valence-electron chi connectivity index (χ0n) is 11.4. The van der Waals surface area contributed by atoms with Crippen LogP contribution in [0.2, 0.25) is 0 Å². The van der Waals surface area contributed by atoms with Crippen molar-refractivity contribution in [3.63, 3.8) is 0 Å². The Kier molecular flexibility index (Phi) is 4.09. The van der Waals surface area contributed by atoms with Crippen LogP contribution < -0.4 is 10.9 Å². The fourth-order valence-electron chi connectivity index (χ4n) is 2.01. The molecule has 0 saturated heterocycles. The van der Waals surface area contributed by atoms with Crippen LogP contribution in [0.5, 0.6) is 0 Å². The lowest BCUT2D eigenvalue weighted by Crippen LogP contribution is -2.17. The van der Waals surface area contributed by atoms with Gasteiger partial charge in [-0.05, 0) is 50.1 Å². The number of halogens is 1. The molecule has 0 aliphatic rings. The smallest absolute Gasteiger partial charge is 0.336 e. The van der Waals surface area contributed by atoms with Gasteiger partial charge < -0.3 is 9.73 Å². The second-order valence-electron chi connectivity index (χ2n) is 4.60. The molecule has 0 saturated carbocycles. The molecule has 1 amide bonds. The minimum absolute atomic E-state index is 0.287. The fraction of sp³-hybridized carbons (Fsp3) is 0.200. The molecule has 5 heteroatoms. The van der Waals surface area contributed by atoms with Crippen LogP contribution in [0.3, 0.4) is 0 Å². The molecule has 2 aromatic rings. The van der Waals surface area contributed by atoms with Crippen molar-refractivity contribution in [2.75, 3.05) is 5.32 Å². The molecular formula is C15H14BrNO3. The maximum absolute atomic E-state index is 12.3. The number of carbonyl (C=O) groups excluding carboxylic acids is 1. The molecule has 1 heterocycles. The highest BCUT2D eigenvalue weighted by molar-refractivity contribution is 9.10. The van der Waals surface area contributed by atoms with Crippen LogP contribution in [0.25, 0.3) is 0 Å². The summed E-state index contributed by atoms with van der Waals surface area (Å²) in [6.07, 6.45) is 0. The number of rotatable bonds is 2. The van der Waals surface area contributed by atoms with Crippen molar-refractivity contribution in [2.24, 2.45) is 0 Å². The lowest BCUT2D eigenvalue weighted by atomic mass is 10.1. The van der Waals surface area contributed by atoms with E-state index in [9.17, 15) is 9.59 Å². The van der Waals surface area contributed by atoms with E-state index in [-0.39, 0.29) is 5.91 Å². The van der Waals surface area contributed by atoms with E-state index >= 15 is 0 Å². The molecule has 0 aliphatic carbocycles. The number of amides is 1. The van der Waals surface area contributed by atoms with Crippen molar-refractivity contribution in [3.05, 3.63) is 61.6 Å². The molecule has 0 unspecified atom stereocenters. The molecular weight excluding hydrogens is 322 g/mol. The van der Waals surface area contributed by atoms with E-state index < -0.39 is 5.63 Å². The fourth-order valence-corrected chi connectivity index (χ4v) is 2.26. The highest BCUT2D eigenvalue weighted by atomic mass is 79.9. The van der Waals surface area contributed by atoms with E-state index in [0.717, 1.165) is 10.0 Å². The van der Waals surface area contributed by atoms with E-state index in [4.69, 9.17) is 4.42 Å². The molecule has 0 bridgehead atoms. The number of carbonyl (C=O) groups is 1. The van der Waals surface area contributed by atoms with E-state index in [1.165, 1.54) is 6.07 Å². The summed E-state index contributed by atoms with van der Waals surface area (Å²) in [5, 5.41) is 2.81. The van der Waals surface area contributed by atoms with Crippen molar-refractivity contribution in [3.8, 4) is 0 Å². The molecule has 0 aliphatic heterocycles. The Hall–Kier alpha value is -1.88. The molecule has 0 fully saturated rings. The Labute approximate surface area is 124 Å². The van der Waals surface area contributed by atoms with E-state index in [1.54, 1.807) is 19.9 Å². The summed E-state index contributed by atoms with van der Waals surface area (Å²) in [6.45, 7) is 5.26. The van der Waals surface area contributed by atoms with Gasteiger partial charge >= 0.3 is 5.63 Å². The SMILES string of the molecule is Cc1cc(NC(=O)c2c(C)cc(=O)oc2C)ccc1Br. The van der Waals surface area contributed by atoms with Gasteiger partial charge in [0.2, 0.25) is 0 Å². The number of hydrogen-bond acceptors (Lipinski definition) is 3. The van der Waals surface area contributed by atoms with Gasteiger partial charge in [0.05, 0.1) is 5.56 Å². The lowest BCUT2D eigenvalue weighted by molar-refractivity contribution is 0.102. The topological polar surface area (TPSA) is 59.3 Å². The van der Waals surface area contributed by atoms with Gasteiger partial charge in [0.1, 0.15) is 5.76 Å². The molecule has 1 aromatic heterocycles. The first-order valence-corrected chi connectivity index (χ1v) is 6.86. The van der Waals surface area contributed by atoms with Gasteiger partial charge in [0, 0.05) is 16.2 Å². The summed E-state index contributed by atoms with van der Waals surface area (Å²) in [7, 11) is 0. The first-order chi connectivity index (χ1) is 9.38. The molecule has 20 heavy (non-hydrogen) atoms. The largest absolute Gasteiger partial charge is 0.427 e. The van der Waals surface area contributed by atoms with Gasteiger partial charge in [0.25, 0.3) is 5.91 Å². The number of benzene rings is 1. The predicted molar refractivity (Wildman–Crippen MR) is 81.3 cm³/mol. The number of nitrogens with one attached hydrogen (secondary N) is 1. The zero-order valence-corrected chi connectivity index (χ0v) is 13.0. The summed E-state index contributed by atoms with van der Waals surface area (Å²) in [5.41, 5.74) is 2.27. The monoisotopic (exact) mass is 335 g/mol. The van der Waals surface area contributed by atoms with Crippen molar-refractivity contribution < 1.29 is 9.21 Å². The van der Waals surface area contributed by atoms with Gasteiger partial charge in [-0.3, -0.25) is 4.79 Å². The molecule has 0 radical (unpaired) electrons. The summed E-state index contributed by atoms with van der Waals surface area (Å²) in [6, 6.07) is 6.86. The lowest BCUT2D eigenvalue weighted by Gasteiger charge is -2.10. The summed E-state index contributed by atoms with van der Waals surface area (Å²) < 4.78 is 5.95. The van der Waals surface area contributed by atoms with E-state index in [2.05, 4.69) is 21.2 Å². The number of hydrogen-bond donors (Lipinski definition) is 1. The zero-order chi connectivity index (χ0) is 14.9. The summed E-state index contributed by atoms with van der Waals surface area (Å²) >= 11 is 3.41. The van der Waals surface area contributed by atoms with E-state index in [0.29, 0.717) is 22.6 Å². The van der Waals surface area contributed by atoms with Gasteiger partial charge in [-0.25, -0.2) is 4.79 Å². The van der Waals surface area contributed by atoms with E-state index in [1.807, 2.05) is 19.1 Å². The maximum Gasteiger partial charge on any atom is 0.336 e. The Morgan fingerprint density at radius 1 is 1.15 bits per heavy atom. The first kappa shape index (κ1) is 14.5. The molecule has 2 rings (SSSR count). The quantitative estimate of drug-likeness (QED) is 0.912. The first-order valence-electron chi connectivity index (χ1n) is 6.07. The van der Waals surface area contributed by atoms with Crippen LogP contribution in [0, 0.1) is 20.8 Å². The van der Waals surface area contributed by atoms with Crippen LogP contribution in [0.15, 0.2) is 37.9 Å². The second-order valence-corrected chi connectivity index (χ2v) is 5.45. The third kappa shape index (κ3) is 2.99. The Morgan fingerprint density at radius 2 is 1.85 bits per heavy atom. The second kappa shape index (κ2) is 5.63. The van der Waals surface area contributed by atoms with Crippen LogP contribution in [0.4, 0.5) is 5.69 Å². The highest BCUT2D eigenvalue weighted by Gasteiger charge is 2.15. The van der Waals surface area contributed by atoms with Crippen LogP contribution in [-0.2, 0) is 0 Å². The van der Waals surface area contributed by atoms with Gasteiger partial charge in [-0.15, -0.1) is 0 Å². The van der Waals surface area contributed by atoms with Crippen LogP contribution in [0.1, 0.15) is 27.2 Å². The average molecular weight is 336 g/mol. The summed E-state index contributed by atoms with van der Waals surface area (Å²) in [4.78, 5) is 23.5. The average Bonchev–Trinajstić information content (AvgIpc) is 2.32. The molecule has 4 nitrogen and oxygen atoms in total. The van der Waals surface area contributed by atoms with Crippen LogP contribution in [-0.4, -0.2) is 5.91 Å². The van der Waals surface area contributed by atoms with Gasteiger partial charge in [-0.1, -0.05) is 15.9 Å². The van der Waals surface area contributed by atoms with Crippen LogP contribution >= 0.6 is 15.9 Å². The Bertz CT molecular complexity index is 708. The third-order valence-electron chi connectivity index (χ3n) is 2.98. The van der Waals surface area contributed by atoms with Crippen molar-refractivity contribution in [1.82, 2.24) is 0 Å². The normalized spacial score (nSPS) is 10.4. The number of aryl methyl sites for hydroxylation is 3. The standard InChI is InChI=1S/C15H14BrNO3/c1-8-6-11(4-5-12(8)16)17-15(19)14-9(2)7-13(18)20-10(14)3/h4-7H,1-3H3,(H,17,19). The molecule has 0 spiro atoms. The minimum atomic E-state index is -0.448. The number of anilines is 1. The van der Waals surface area contributed by atoms with Crippen molar-refractivity contribution >= 4 is 27.5 Å². The minimum Gasteiger partial charge on any atom is -0.427 e. The molecule has 1 N–H and O–H groups in total. The maximum atomic E-state index is 12.3. The van der Waals surface area contributed by atoms with Gasteiger partial charge in [0.15, 0.2) is 0 Å². The highest BCUT2D eigenvalue weighted by Crippen LogP contribution is 2.21. The molecule has 1 aromatic carbocycles. The summed E-state index contributed by atoms with van der Waals surface area (Å²) in [5.74, 6) is 0.0341. The predicted octanol–water partition coefficient (Wildman–Crippen LogP) is 3.58.